The Morgan fingerprint density at radius 3 is 1.89 bits per heavy atom. The Labute approximate surface area is 112 Å². The molecular weight excluding hydrogens is 228 g/mol. The van der Waals surface area contributed by atoms with Crippen molar-refractivity contribution in [2.75, 3.05) is 6.61 Å². The fourth-order valence-corrected chi connectivity index (χ4v) is 0.912. The number of carbonyl (C=O) groups excluding carboxylic acids is 2. The molecule has 1 aromatic carbocycles. The van der Waals surface area contributed by atoms with Gasteiger partial charge in [0.25, 0.3) is 0 Å². The van der Waals surface area contributed by atoms with Gasteiger partial charge in [-0.25, -0.2) is 4.79 Å². The second-order valence-electron chi connectivity index (χ2n) is 2.46. The van der Waals surface area contributed by atoms with Crippen LogP contribution in [0.3, 0.4) is 0 Å². The molecule has 3 nitrogen and oxygen atoms in total. The summed E-state index contributed by atoms with van der Waals surface area (Å²) in [6.07, 6.45) is 0.731. The third kappa shape index (κ3) is 8.50. The molecular formula is C15H28O3. The fourth-order valence-electron chi connectivity index (χ4n) is 0.912. The SMILES string of the molecule is C.C.C.CC.CCOC(=O)c1ccc(C=O)cc1. The van der Waals surface area contributed by atoms with E-state index in [1.807, 2.05) is 13.8 Å². The number of carbonyl (C=O) groups is 2. The number of benzene rings is 1. The van der Waals surface area contributed by atoms with Crippen LogP contribution in [0.1, 0.15) is 63.8 Å². The minimum Gasteiger partial charge on any atom is -0.462 e. The lowest BCUT2D eigenvalue weighted by Gasteiger charge is -2.00. The van der Waals surface area contributed by atoms with Gasteiger partial charge in [-0.2, -0.15) is 0 Å². The second kappa shape index (κ2) is 15.4. The molecule has 0 spiro atoms. The zero-order valence-corrected chi connectivity index (χ0v) is 9.32. The van der Waals surface area contributed by atoms with Crippen molar-refractivity contribution in [3.63, 3.8) is 0 Å². The van der Waals surface area contributed by atoms with Gasteiger partial charge in [0.2, 0.25) is 0 Å². The van der Waals surface area contributed by atoms with Gasteiger partial charge in [0.15, 0.2) is 0 Å². The van der Waals surface area contributed by atoms with Crippen LogP contribution in [0.2, 0.25) is 0 Å². The first-order valence-corrected chi connectivity index (χ1v) is 5.00. The molecule has 0 saturated heterocycles. The standard InChI is InChI=1S/C10H10O3.C2H6.3CH4/c1-2-13-10(12)9-5-3-8(7-11)4-6-9;1-2;;;/h3-7H,2H2,1H3;1-2H3;3*1H4. The van der Waals surface area contributed by atoms with Crippen LogP contribution in [0.4, 0.5) is 0 Å². The zero-order chi connectivity index (χ0) is 11.7. The first-order chi connectivity index (χ1) is 7.27. The van der Waals surface area contributed by atoms with Gasteiger partial charge in [-0.3, -0.25) is 4.79 Å². The summed E-state index contributed by atoms with van der Waals surface area (Å²) in [7, 11) is 0. The molecule has 0 aliphatic rings. The van der Waals surface area contributed by atoms with Crippen LogP contribution in [0, 0.1) is 0 Å². The molecule has 0 radical (unpaired) electrons. The Balaban J connectivity index is -0.000000186. The predicted molar refractivity (Wildman–Crippen MR) is 79.3 cm³/mol. The minimum atomic E-state index is -0.361. The maximum atomic E-state index is 11.1. The Morgan fingerprint density at radius 1 is 1.11 bits per heavy atom. The fraction of sp³-hybridized carbons (Fsp3) is 0.467. The molecule has 0 atom stereocenters. The normalized spacial score (nSPS) is 7.06. The summed E-state index contributed by atoms with van der Waals surface area (Å²) < 4.78 is 4.77. The summed E-state index contributed by atoms with van der Waals surface area (Å²) in [5, 5.41) is 0. The number of ether oxygens (including phenoxy) is 1. The van der Waals surface area contributed by atoms with Gasteiger partial charge in [-0.05, 0) is 19.1 Å². The molecule has 106 valence electrons. The quantitative estimate of drug-likeness (QED) is 0.586. The lowest BCUT2D eigenvalue weighted by atomic mass is 10.1. The van der Waals surface area contributed by atoms with Crippen molar-refractivity contribution in [2.45, 2.75) is 43.1 Å². The Hall–Kier alpha value is -1.64. The molecule has 18 heavy (non-hydrogen) atoms. The molecule has 0 aromatic heterocycles. The van der Waals surface area contributed by atoms with E-state index >= 15 is 0 Å². The monoisotopic (exact) mass is 256 g/mol. The van der Waals surface area contributed by atoms with E-state index in [0.717, 1.165) is 6.29 Å². The molecule has 0 N–H and O–H groups in total. The number of hydrogen-bond acceptors (Lipinski definition) is 3. The van der Waals surface area contributed by atoms with Crippen molar-refractivity contribution in [2.24, 2.45) is 0 Å². The van der Waals surface area contributed by atoms with Crippen LogP contribution >= 0.6 is 0 Å². The van der Waals surface area contributed by atoms with E-state index in [4.69, 9.17) is 4.74 Å². The van der Waals surface area contributed by atoms with E-state index in [1.54, 1.807) is 31.2 Å². The van der Waals surface area contributed by atoms with E-state index in [9.17, 15) is 9.59 Å². The van der Waals surface area contributed by atoms with E-state index in [-0.39, 0.29) is 28.2 Å². The van der Waals surface area contributed by atoms with Crippen molar-refractivity contribution in [1.29, 1.82) is 0 Å². The van der Waals surface area contributed by atoms with Gasteiger partial charge in [-0.1, -0.05) is 48.3 Å². The molecule has 0 amide bonds. The Bertz CT molecular complexity index is 302. The van der Waals surface area contributed by atoms with Crippen molar-refractivity contribution in [3.05, 3.63) is 35.4 Å². The van der Waals surface area contributed by atoms with Crippen molar-refractivity contribution >= 4 is 12.3 Å². The summed E-state index contributed by atoms with van der Waals surface area (Å²) in [5.74, 6) is -0.361. The maximum Gasteiger partial charge on any atom is 0.338 e. The average Bonchev–Trinajstić information content (AvgIpc) is 2.32. The molecule has 0 aliphatic heterocycles. The molecule has 0 heterocycles. The molecule has 1 rings (SSSR count). The van der Waals surface area contributed by atoms with Gasteiger partial charge >= 0.3 is 5.97 Å². The number of esters is 1. The first kappa shape index (κ1) is 25.3. The third-order valence-corrected chi connectivity index (χ3v) is 1.56. The minimum absolute atomic E-state index is 0. The topological polar surface area (TPSA) is 43.4 Å². The molecule has 1 aromatic rings. The highest BCUT2D eigenvalue weighted by molar-refractivity contribution is 5.90. The molecule has 0 unspecified atom stereocenters. The third-order valence-electron chi connectivity index (χ3n) is 1.56. The van der Waals surface area contributed by atoms with Crippen LogP contribution < -0.4 is 0 Å². The summed E-state index contributed by atoms with van der Waals surface area (Å²) >= 11 is 0. The average molecular weight is 256 g/mol. The van der Waals surface area contributed by atoms with Crippen molar-refractivity contribution in [1.82, 2.24) is 0 Å². The lowest BCUT2D eigenvalue weighted by Crippen LogP contribution is -2.04. The van der Waals surface area contributed by atoms with E-state index in [2.05, 4.69) is 0 Å². The summed E-state index contributed by atoms with van der Waals surface area (Å²) in [6, 6.07) is 6.31. The zero-order valence-electron chi connectivity index (χ0n) is 9.32. The van der Waals surface area contributed by atoms with Gasteiger partial charge < -0.3 is 4.74 Å². The summed E-state index contributed by atoms with van der Waals surface area (Å²) in [4.78, 5) is 21.4. The Morgan fingerprint density at radius 2 is 1.56 bits per heavy atom. The van der Waals surface area contributed by atoms with Gasteiger partial charge in [0.1, 0.15) is 6.29 Å². The van der Waals surface area contributed by atoms with Crippen LogP contribution in [0.25, 0.3) is 0 Å². The van der Waals surface area contributed by atoms with Gasteiger partial charge in [-0.15, -0.1) is 0 Å². The Kier molecular flexibility index (Phi) is 21.6. The predicted octanol–water partition coefficient (Wildman–Crippen LogP) is 4.61. The van der Waals surface area contributed by atoms with E-state index < -0.39 is 0 Å². The van der Waals surface area contributed by atoms with E-state index in [1.165, 1.54) is 0 Å². The molecule has 0 saturated carbocycles. The van der Waals surface area contributed by atoms with Gasteiger partial charge in [0.05, 0.1) is 12.2 Å². The highest BCUT2D eigenvalue weighted by atomic mass is 16.5. The number of rotatable bonds is 3. The summed E-state index contributed by atoms with van der Waals surface area (Å²) in [5.41, 5.74) is 1.01. The number of hydrogen-bond donors (Lipinski definition) is 0. The maximum absolute atomic E-state index is 11.1. The van der Waals surface area contributed by atoms with E-state index in [0.29, 0.717) is 17.7 Å². The highest BCUT2D eigenvalue weighted by Crippen LogP contribution is 2.03. The van der Waals surface area contributed by atoms with Crippen LogP contribution in [-0.4, -0.2) is 18.9 Å². The van der Waals surface area contributed by atoms with Crippen molar-refractivity contribution in [3.8, 4) is 0 Å². The smallest absolute Gasteiger partial charge is 0.338 e. The number of aldehydes is 1. The first-order valence-electron chi connectivity index (χ1n) is 5.00. The van der Waals surface area contributed by atoms with Crippen LogP contribution in [0.5, 0.6) is 0 Å². The summed E-state index contributed by atoms with van der Waals surface area (Å²) in [6.45, 7) is 6.10. The molecule has 0 fully saturated rings. The highest BCUT2D eigenvalue weighted by Gasteiger charge is 2.04. The second-order valence-corrected chi connectivity index (χ2v) is 2.46. The lowest BCUT2D eigenvalue weighted by molar-refractivity contribution is 0.0526. The van der Waals surface area contributed by atoms with Gasteiger partial charge in [0, 0.05) is 5.56 Å². The molecule has 3 heteroatoms. The van der Waals surface area contributed by atoms with Crippen LogP contribution in [-0.2, 0) is 4.74 Å². The molecule has 0 aliphatic carbocycles. The largest absolute Gasteiger partial charge is 0.462 e. The van der Waals surface area contributed by atoms with Crippen LogP contribution in [0.15, 0.2) is 24.3 Å². The van der Waals surface area contributed by atoms with Crippen molar-refractivity contribution < 1.29 is 14.3 Å². The molecule has 0 bridgehead atoms.